The average Bonchev–Trinajstić information content (AvgIpc) is 2.55. The summed E-state index contributed by atoms with van der Waals surface area (Å²) in [4.78, 5) is 11.7. The molecule has 0 saturated carbocycles. The van der Waals surface area contributed by atoms with Crippen molar-refractivity contribution in [1.29, 1.82) is 0 Å². The Kier molecular flexibility index (Phi) is 6.60. The normalized spacial score (nSPS) is 10.3. The topological polar surface area (TPSA) is 38.3 Å². The molecule has 2 aromatic carbocycles. The Labute approximate surface area is 136 Å². The molecule has 122 valence electrons. The van der Waals surface area contributed by atoms with Gasteiger partial charge in [-0.25, -0.2) is 4.39 Å². The van der Waals surface area contributed by atoms with Crippen molar-refractivity contribution in [2.75, 3.05) is 13.2 Å². The van der Waals surface area contributed by atoms with Crippen molar-refractivity contribution in [3.8, 4) is 5.75 Å². The van der Waals surface area contributed by atoms with Gasteiger partial charge in [0.25, 0.3) is 0 Å². The highest BCUT2D eigenvalue weighted by atomic mass is 19.1. The molecule has 1 N–H and O–H groups in total. The Morgan fingerprint density at radius 3 is 2.48 bits per heavy atom. The van der Waals surface area contributed by atoms with E-state index in [9.17, 15) is 9.18 Å². The maximum absolute atomic E-state index is 12.8. The van der Waals surface area contributed by atoms with E-state index in [4.69, 9.17) is 4.74 Å². The predicted molar refractivity (Wildman–Crippen MR) is 89.0 cm³/mol. The van der Waals surface area contributed by atoms with Crippen molar-refractivity contribution in [2.45, 2.75) is 26.2 Å². The Morgan fingerprint density at radius 2 is 1.78 bits per heavy atom. The molecule has 0 aromatic heterocycles. The van der Waals surface area contributed by atoms with Gasteiger partial charge in [-0.3, -0.25) is 4.79 Å². The van der Waals surface area contributed by atoms with Crippen LogP contribution in [0, 0.1) is 12.7 Å². The lowest BCUT2D eigenvalue weighted by atomic mass is 10.1. The van der Waals surface area contributed by atoms with Crippen molar-refractivity contribution >= 4 is 5.91 Å². The van der Waals surface area contributed by atoms with Crippen molar-refractivity contribution < 1.29 is 13.9 Å². The molecule has 23 heavy (non-hydrogen) atoms. The summed E-state index contributed by atoms with van der Waals surface area (Å²) in [6.45, 7) is 3.11. The zero-order valence-electron chi connectivity index (χ0n) is 13.3. The highest BCUT2D eigenvalue weighted by Gasteiger charge is 2.02. The average molecular weight is 315 g/mol. The molecule has 0 aliphatic rings. The zero-order valence-corrected chi connectivity index (χ0v) is 13.3. The van der Waals surface area contributed by atoms with E-state index in [2.05, 4.69) is 5.32 Å². The van der Waals surface area contributed by atoms with Gasteiger partial charge in [0.15, 0.2) is 0 Å². The minimum absolute atomic E-state index is 0.0135. The van der Waals surface area contributed by atoms with E-state index in [1.165, 1.54) is 17.7 Å². The van der Waals surface area contributed by atoms with E-state index in [1.54, 1.807) is 12.1 Å². The quantitative estimate of drug-likeness (QED) is 0.755. The van der Waals surface area contributed by atoms with Gasteiger partial charge in [-0.1, -0.05) is 29.8 Å². The van der Waals surface area contributed by atoms with Gasteiger partial charge in [0.05, 0.1) is 6.61 Å². The zero-order chi connectivity index (χ0) is 16.5. The Hall–Kier alpha value is -2.36. The molecule has 0 heterocycles. The van der Waals surface area contributed by atoms with Crippen LogP contribution < -0.4 is 10.1 Å². The maximum Gasteiger partial charge on any atom is 0.220 e. The molecular weight excluding hydrogens is 293 g/mol. The fourth-order valence-corrected chi connectivity index (χ4v) is 2.14. The number of ether oxygens (including phenoxy) is 1. The summed E-state index contributed by atoms with van der Waals surface area (Å²) in [7, 11) is 0. The molecule has 4 heteroatoms. The van der Waals surface area contributed by atoms with Crippen molar-refractivity contribution in [3.63, 3.8) is 0 Å². The molecule has 3 nitrogen and oxygen atoms in total. The van der Waals surface area contributed by atoms with Crippen LogP contribution in [0.4, 0.5) is 4.39 Å². The summed E-state index contributed by atoms with van der Waals surface area (Å²) < 4.78 is 18.4. The Bertz CT molecular complexity index is 608. The standard InChI is InChI=1S/C19H22FNO2/c1-15-4-10-18(11-5-15)23-14-2-3-19(22)21-13-12-16-6-8-17(20)9-7-16/h4-11H,2-3,12-14H2,1H3,(H,21,22). The summed E-state index contributed by atoms with van der Waals surface area (Å²) in [5.41, 5.74) is 2.20. The lowest BCUT2D eigenvalue weighted by molar-refractivity contribution is -0.121. The summed E-state index contributed by atoms with van der Waals surface area (Å²) in [6, 6.07) is 14.2. The van der Waals surface area contributed by atoms with E-state index in [-0.39, 0.29) is 11.7 Å². The summed E-state index contributed by atoms with van der Waals surface area (Å²) in [6.07, 6.45) is 1.82. The molecular formula is C19H22FNO2. The van der Waals surface area contributed by atoms with Gasteiger partial charge < -0.3 is 10.1 Å². The SMILES string of the molecule is Cc1ccc(OCCCC(=O)NCCc2ccc(F)cc2)cc1. The Morgan fingerprint density at radius 1 is 1.09 bits per heavy atom. The van der Waals surface area contributed by atoms with E-state index in [1.807, 2.05) is 31.2 Å². The fourth-order valence-electron chi connectivity index (χ4n) is 2.14. The molecule has 2 aromatic rings. The summed E-state index contributed by atoms with van der Waals surface area (Å²) >= 11 is 0. The van der Waals surface area contributed by atoms with Gasteiger partial charge in [0, 0.05) is 13.0 Å². The van der Waals surface area contributed by atoms with Crippen LogP contribution in [0.1, 0.15) is 24.0 Å². The fraction of sp³-hybridized carbons (Fsp3) is 0.316. The van der Waals surface area contributed by atoms with Crippen LogP contribution in [0.25, 0.3) is 0 Å². The van der Waals surface area contributed by atoms with E-state index in [0.29, 0.717) is 32.4 Å². The summed E-state index contributed by atoms with van der Waals surface area (Å²) in [5.74, 6) is 0.596. The van der Waals surface area contributed by atoms with Crippen LogP contribution in [0.5, 0.6) is 5.75 Å². The third-order valence-corrected chi connectivity index (χ3v) is 3.49. The molecule has 0 spiro atoms. The number of hydrogen-bond donors (Lipinski definition) is 1. The molecule has 0 unspecified atom stereocenters. The smallest absolute Gasteiger partial charge is 0.220 e. The van der Waals surface area contributed by atoms with Crippen LogP contribution in [0.3, 0.4) is 0 Å². The number of rotatable bonds is 8. The first-order valence-electron chi connectivity index (χ1n) is 7.84. The van der Waals surface area contributed by atoms with Gasteiger partial charge in [0.2, 0.25) is 5.91 Å². The number of carbonyl (C=O) groups excluding carboxylic acids is 1. The van der Waals surface area contributed by atoms with Crippen molar-refractivity contribution in [1.82, 2.24) is 5.32 Å². The third kappa shape index (κ3) is 6.51. The number of nitrogens with one attached hydrogen (secondary N) is 1. The van der Waals surface area contributed by atoms with Crippen LogP contribution in [-0.2, 0) is 11.2 Å². The highest BCUT2D eigenvalue weighted by Crippen LogP contribution is 2.11. The van der Waals surface area contributed by atoms with Gasteiger partial charge in [0.1, 0.15) is 11.6 Å². The van der Waals surface area contributed by atoms with Gasteiger partial charge in [-0.2, -0.15) is 0 Å². The second-order valence-corrected chi connectivity index (χ2v) is 5.49. The second kappa shape index (κ2) is 8.93. The lowest BCUT2D eigenvalue weighted by Gasteiger charge is -2.07. The van der Waals surface area contributed by atoms with E-state index >= 15 is 0 Å². The molecule has 1 amide bonds. The lowest BCUT2D eigenvalue weighted by Crippen LogP contribution is -2.25. The summed E-state index contributed by atoms with van der Waals surface area (Å²) in [5, 5.41) is 2.86. The largest absolute Gasteiger partial charge is 0.494 e. The van der Waals surface area contributed by atoms with Crippen LogP contribution >= 0.6 is 0 Å². The first kappa shape index (κ1) is 17.0. The minimum Gasteiger partial charge on any atom is -0.494 e. The first-order valence-corrected chi connectivity index (χ1v) is 7.84. The van der Waals surface area contributed by atoms with Gasteiger partial charge in [-0.15, -0.1) is 0 Å². The molecule has 0 saturated heterocycles. The third-order valence-electron chi connectivity index (χ3n) is 3.49. The predicted octanol–water partition coefficient (Wildman–Crippen LogP) is 3.65. The molecule has 0 atom stereocenters. The van der Waals surface area contributed by atoms with Crippen LogP contribution in [0.15, 0.2) is 48.5 Å². The number of halogens is 1. The van der Waals surface area contributed by atoms with Gasteiger partial charge in [-0.05, 0) is 49.6 Å². The van der Waals surface area contributed by atoms with Crippen molar-refractivity contribution in [3.05, 3.63) is 65.5 Å². The van der Waals surface area contributed by atoms with E-state index < -0.39 is 0 Å². The molecule has 0 aliphatic carbocycles. The van der Waals surface area contributed by atoms with Crippen molar-refractivity contribution in [2.24, 2.45) is 0 Å². The molecule has 0 aliphatic heterocycles. The molecule has 0 radical (unpaired) electrons. The first-order chi connectivity index (χ1) is 11.1. The van der Waals surface area contributed by atoms with Crippen LogP contribution in [0.2, 0.25) is 0 Å². The van der Waals surface area contributed by atoms with Gasteiger partial charge >= 0.3 is 0 Å². The molecule has 0 fully saturated rings. The molecule has 2 rings (SSSR count). The monoisotopic (exact) mass is 315 g/mol. The highest BCUT2D eigenvalue weighted by molar-refractivity contribution is 5.75. The number of hydrogen-bond acceptors (Lipinski definition) is 2. The molecule has 0 bridgehead atoms. The van der Waals surface area contributed by atoms with Crippen LogP contribution in [-0.4, -0.2) is 19.1 Å². The number of carbonyl (C=O) groups is 1. The second-order valence-electron chi connectivity index (χ2n) is 5.49. The number of benzene rings is 2. The van der Waals surface area contributed by atoms with E-state index in [0.717, 1.165) is 11.3 Å². The Balaban J connectivity index is 1.56. The minimum atomic E-state index is -0.244. The maximum atomic E-state index is 12.8. The number of amides is 1. The number of aryl methyl sites for hydroxylation is 1.